The van der Waals surface area contributed by atoms with E-state index in [1.807, 2.05) is 6.92 Å². The van der Waals surface area contributed by atoms with Crippen molar-refractivity contribution in [3.8, 4) is 0 Å². The Kier molecular flexibility index (Phi) is 6.15. The molecule has 0 saturated carbocycles. The van der Waals surface area contributed by atoms with Crippen LogP contribution in [0, 0.1) is 12.7 Å². The van der Waals surface area contributed by atoms with E-state index >= 15 is 0 Å². The van der Waals surface area contributed by atoms with Gasteiger partial charge in [-0.25, -0.2) is 13.9 Å². The van der Waals surface area contributed by atoms with Crippen molar-refractivity contribution < 1.29 is 19.1 Å². The summed E-state index contributed by atoms with van der Waals surface area (Å²) < 4.78 is 14.7. The molecule has 0 aliphatic heterocycles. The molecule has 0 bridgehead atoms. The van der Waals surface area contributed by atoms with E-state index in [1.54, 1.807) is 19.1 Å². The normalized spacial score (nSPS) is 13.2. The maximum atomic E-state index is 13.4. The molecule has 0 radical (unpaired) electrons. The summed E-state index contributed by atoms with van der Waals surface area (Å²) in [7, 11) is 0. The standard InChI is InChI=1S/C16H20FN5O3/c1-3-5-13(16(24)25)18-15(23)14(22-10(2)19-20-21-22)9-11-6-4-7-12(17)8-11/h4,6-8,13-14H,3,5,9H2,1-2H3,(H,18,23)(H,24,25). The molecule has 134 valence electrons. The topological polar surface area (TPSA) is 110 Å². The molecule has 2 atom stereocenters. The van der Waals surface area contributed by atoms with Crippen LogP contribution in [0.15, 0.2) is 24.3 Å². The van der Waals surface area contributed by atoms with E-state index in [9.17, 15) is 19.1 Å². The van der Waals surface area contributed by atoms with Gasteiger partial charge in [-0.1, -0.05) is 25.5 Å². The maximum absolute atomic E-state index is 13.4. The molecule has 2 N–H and O–H groups in total. The lowest BCUT2D eigenvalue weighted by Gasteiger charge is -2.20. The van der Waals surface area contributed by atoms with E-state index in [2.05, 4.69) is 20.8 Å². The number of carbonyl (C=O) groups is 2. The summed E-state index contributed by atoms with van der Waals surface area (Å²) in [5, 5.41) is 22.9. The van der Waals surface area contributed by atoms with Gasteiger partial charge in [-0.15, -0.1) is 5.10 Å². The van der Waals surface area contributed by atoms with Crippen molar-refractivity contribution in [2.24, 2.45) is 0 Å². The first-order valence-corrected chi connectivity index (χ1v) is 7.94. The van der Waals surface area contributed by atoms with Crippen LogP contribution < -0.4 is 5.32 Å². The summed E-state index contributed by atoms with van der Waals surface area (Å²) in [4.78, 5) is 24.0. The Bertz CT molecular complexity index is 749. The summed E-state index contributed by atoms with van der Waals surface area (Å²) >= 11 is 0. The summed E-state index contributed by atoms with van der Waals surface area (Å²) in [6.45, 7) is 3.46. The highest BCUT2D eigenvalue weighted by atomic mass is 19.1. The Labute approximate surface area is 144 Å². The van der Waals surface area contributed by atoms with Crippen LogP contribution in [0.3, 0.4) is 0 Å². The number of hydrogen-bond donors (Lipinski definition) is 2. The van der Waals surface area contributed by atoms with Crippen molar-refractivity contribution >= 4 is 11.9 Å². The summed E-state index contributed by atoms with van der Waals surface area (Å²) in [6.07, 6.45) is 1.05. The van der Waals surface area contributed by atoms with Gasteiger partial charge in [0.05, 0.1) is 0 Å². The van der Waals surface area contributed by atoms with E-state index in [4.69, 9.17) is 0 Å². The molecule has 2 aromatic rings. The van der Waals surface area contributed by atoms with Gasteiger partial charge >= 0.3 is 5.97 Å². The van der Waals surface area contributed by atoms with Crippen molar-refractivity contribution in [1.82, 2.24) is 25.5 Å². The molecule has 2 unspecified atom stereocenters. The van der Waals surface area contributed by atoms with Gasteiger partial charge in [0.25, 0.3) is 0 Å². The fraction of sp³-hybridized carbons (Fsp3) is 0.438. The number of hydrogen-bond acceptors (Lipinski definition) is 5. The highest BCUT2D eigenvalue weighted by Gasteiger charge is 2.28. The lowest BCUT2D eigenvalue weighted by atomic mass is 10.0. The Morgan fingerprint density at radius 2 is 2.16 bits per heavy atom. The fourth-order valence-electron chi connectivity index (χ4n) is 2.52. The molecule has 0 aliphatic rings. The Morgan fingerprint density at radius 1 is 1.40 bits per heavy atom. The van der Waals surface area contributed by atoms with Crippen LogP contribution >= 0.6 is 0 Å². The molecule has 0 spiro atoms. The minimum absolute atomic E-state index is 0.133. The van der Waals surface area contributed by atoms with E-state index in [1.165, 1.54) is 16.8 Å². The van der Waals surface area contributed by atoms with Gasteiger partial charge < -0.3 is 10.4 Å². The molecular weight excluding hydrogens is 329 g/mol. The van der Waals surface area contributed by atoms with Gasteiger partial charge in [-0.2, -0.15) is 0 Å². The summed E-state index contributed by atoms with van der Waals surface area (Å²) in [6, 6.07) is 3.98. The minimum atomic E-state index is -1.10. The first kappa shape index (κ1) is 18.5. The SMILES string of the molecule is CCCC(NC(=O)C(Cc1cccc(F)c1)n1nnnc1C)C(=O)O. The molecule has 1 aromatic heterocycles. The predicted octanol–water partition coefficient (Wildman–Crippen LogP) is 1.27. The quantitative estimate of drug-likeness (QED) is 0.743. The van der Waals surface area contributed by atoms with Gasteiger partial charge in [-0.05, 0) is 41.5 Å². The molecule has 0 aliphatic carbocycles. The van der Waals surface area contributed by atoms with Crippen LogP contribution in [0.5, 0.6) is 0 Å². The van der Waals surface area contributed by atoms with Crippen molar-refractivity contribution in [3.05, 3.63) is 41.5 Å². The zero-order chi connectivity index (χ0) is 18.4. The van der Waals surface area contributed by atoms with Gasteiger partial charge in [-0.3, -0.25) is 4.79 Å². The number of tetrazole rings is 1. The minimum Gasteiger partial charge on any atom is -0.480 e. The summed E-state index contributed by atoms with van der Waals surface area (Å²) in [5.74, 6) is -1.65. The lowest BCUT2D eigenvalue weighted by molar-refractivity contribution is -0.142. The van der Waals surface area contributed by atoms with Crippen molar-refractivity contribution in [3.63, 3.8) is 0 Å². The van der Waals surface area contributed by atoms with E-state index < -0.39 is 29.8 Å². The molecule has 1 aromatic carbocycles. The monoisotopic (exact) mass is 349 g/mol. The van der Waals surface area contributed by atoms with E-state index in [0.29, 0.717) is 24.2 Å². The van der Waals surface area contributed by atoms with E-state index in [0.717, 1.165) is 0 Å². The second-order valence-electron chi connectivity index (χ2n) is 5.71. The number of nitrogens with one attached hydrogen (secondary N) is 1. The van der Waals surface area contributed by atoms with Gasteiger partial charge in [0.1, 0.15) is 23.7 Å². The number of nitrogens with zero attached hydrogens (tertiary/aromatic N) is 4. The fourth-order valence-corrected chi connectivity index (χ4v) is 2.52. The third kappa shape index (κ3) is 4.82. The highest BCUT2D eigenvalue weighted by molar-refractivity contribution is 5.86. The summed E-state index contributed by atoms with van der Waals surface area (Å²) in [5.41, 5.74) is 0.581. The zero-order valence-corrected chi connectivity index (χ0v) is 14.0. The molecule has 2 rings (SSSR count). The lowest BCUT2D eigenvalue weighted by Crippen LogP contribution is -2.45. The number of benzene rings is 1. The zero-order valence-electron chi connectivity index (χ0n) is 14.0. The molecule has 9 heteroatoms. The van der Waals surface area contributed by atoms with Gasteiger partial charge in [0, 0.05) is 6.42 Å². The Hall–Kier alpha value is -2.84. The number of aromatic nitrogens is 4. The van der Waals surface area contributed by atoms with Crippen molar-refractivity contribution in [1.29, 1.82) is 0 Å². The largest absolute Gasteiger partial charge is 0.480 e. The van der Waals surface area contributed by atoms with Crippen LogP contribution in [0.4, 0.5) is 4.39 Å². The number of rotatable bonds is 8. The number of carboxylic acids is 1. The molecule has 0 saturated heterocycles. The average molecular weight is 349 g/mol. The molecule has 25 heavy (non-hydrogen) atoms. The number of halogens is 1. The second kappa shape index (κ2) is 8.32. The second-order valence-corrected chi connectivity index (χ2v) is 5.71. The third-order valence-corrected chi connectivity index (χ3v) is 3.77. The number of aryl methyl sites for hydroxylation is 1. The van der Waals surface area contributed by atoms with Crippen LogP contribution in [0.2, 0.25) is 0 Å². The smallest absolute Gasteiger partial charge is 0.326 e. The number of carbonyl (C=O) groups excluding carboxylic acids is 1. The molecular formula is C16H20FN5O3. The van der Waals surface area contributed by atoms with Crippen LogP contribution in [-0.4, -0.2) is 43.2 Å². The average Bonchev–Trinajstić information content (AvgIpc) is 2.98. The first-order chi connectivity index (χ1) is 11.9. The Balaban J connectivity index is 2.26. The first-order valence-electron chi connectivity index (χ1n) is 7.94. The molecule has 1 amide bonds. The number of amides is 1. The van der Waals surface area contributed by atoms with Crippen LogP contribution in [0.25, 0.3) is 0 Å². The molecule has 0 fully saturated rings. The van der Waals surface area contributed by atoms with Gasteiger partial charge in [0.2, 0.25) is 5.91 Å². The maximum Gasteiger partial charge on any atom is 0.326 e. The predicted molar refractivity (Wildman–Crippen MR) is 86.2 cm³/mol. The number of aliphatic carboxylic acids is 1. The van der Waals surface area contributed by atoms with Crippen molar-refractivity contribution in [2.75, 3.05) is 0 Å². The van der Waals surface area contributed by atoms with E-state index in [-0.39, 0.29) is 6.42 Å². The van der Waals surface area contributed by atoms with Crippen LogP contribution in [-0.2, 0) is 16.0 Å². The van der Waals surface area contributed by atoms with Crippen LogP contribution in [0.1, 0.15) is 37.2 Å². The third-order valence-electron chi connectivity index (χ3n) is 3.77. The highest BCUT2D eigenvalue weighted by Crippen LogP contribution is 2.16. The van der Waals surface area contributed by atoms with Gasteiger partial charge in [0.15, 0.2) is 0 Å². The Morgan fingerprint density at radius 3 is 2.72 bits per heavy atom. The molecule has 8 nitrogen and oxygen atoms in total. The van der Waals surface area contributed by atoms with Crippen molar-refractivity contribution in [2.45, 2.75) is 45.2 Å². The molecule has 1 heterocycles. The number of carboxylic acid groups (broad SMARTS) is 1.